The second-order valence-electron chi connectivity index (χ2n) is 8.30. The van der Waals surface area contributed by atoms with E-state index < -0.39 is 24.8 Å². The third-order valence-electron chi connectivity index (χ3n) is 5.92. The molecule has 33 heavy (non-hydrogen) atoms. The Morgan fingerprint density at radius 1 is 1.27 bits per heavy atom. The number of benzene rings is 1. The number of carbonyl (C=O) groups excluding carboxylic acids is 1. The molecule has 4 heterocycles. The molecule has 3 aromatic rings. The summed E-state index contributed by atoms with van der Waals surface area (Å²) in [5.41, 5.74) is 0.636. The molecule has 12 heteroatoms. The monoisotopic (exact) mass is 483 g/mol. The number of halogens is 4. The molecule has 3 atom stereocenters. The SMILES string of the molecule is O=C1C[C@@H](c2nc(-c3sc4c(N[C@@H]5CCNC[C@@H]5F)cccc4c3CC(F)(F)F)no2)CN1. The number of piperidine rings is 1. The number of carbonyl (C=O) groups is 1. The van der Waals surface area contributed by atoms with Crippen LogP contribution in [-0.2, 0) is 11.2 Å². The van der Waals surface area contributed by atoms with E-state index in [2.05, 4.69) is 26.1 Å². The number of anilines is 1. The smallest absolute Gasteiger partial charge is 0.378 e. The summed E-state index contributed by atoms with van der Waals surface area (Å²) in [5, 5.41) is 13.2. The number of hydrogen-bond acceptors (Lipinski definition) is 7. The lowest BCUT2D eigenvalue weighted by Gasteiger charge is -2.28. The van der Waals surface area contributed by atoms with Gasteiger partial charge in [0.05, 0.1) is 33.6 Å². The van der Waals surface area contributed by atoms with Gasteiger partial charge in [-0.2, -0.15) is 18.2 Å². The summed E-state index contributed by atoms with van der Waals surface area (Å²) in [6.45, 7) is 1.23. The molecule has 0 bridgehead atoms. The van der Waals surface area contributed by atoms with E-state index in [4.69, 9.17) is 4.52 Å². The first kappa shape index (κ1) is 22.1. The molecule has 2 aliphatic rings. The van der Waals surface area contributed by atoms with E-state index in [1.807, 2.05) is 0 Å². The number of thiophene rings is 1. The Labute approximate surface area is 189 Å². The van der Waals surface area contributed by atoms with Crippen LogP contribution in [0.25, 0.3) is 20.8 Å². The minimum absolute atomic E-state index is 0.0565. The lowest BCUT2D eigenvalue weighted by molar-refractivity contribution is -0.126. The fourth-order valence-corrected chi connectivity index (χ4v) is 5.52. The average molecular weight is 483 g/mol. The minimum atomic E-state index is -4.44. The maximum atomic E-state index is 14.4. The summed E-state index contributed by atoms with van der Waals surface area (Å²) in [4.78, 5) is 16.1. The fraction of sp³-hybridized carbons (Fsp3) is 0.476. The highest BCUT2D eigenvalue weighted by atomic mass is 32.1. The number of nitrogens with one attached hydrogen (secondary N) is 3. The van der Waals surface area contributed by atoms with Gasteiger partial charge in [0.2, 0.25) is 17.6 Å². The van der Waals surface area contributed by atoms with Crippen molar-refractivity contribution < 1.29 is 26.9 Å². The molecular weight excluding hydrogens is 462 g/mol. The fourth-order valence-electron chi connectivity index (χ4n) is 4.30. The Morgan fingerprint density at radius 2 is 2.12 bits per heavy atom. The van der Waals surface area contributed by atoms with Crippen LogP contribution in [0.1, 0.15) is 30.2 Å². The highest BCUT2D eigenvalue weighted by molar-refractivity contribution is 7.23. The minimum Gasteiger partial charge on any atom is -0.378 e. The Balaban J connectivity index is 1.55. The molecule has 1 amide bonds. The lowest BCUT2D eigenvalue weighted by Crippen LogP contribution is -2.45. The molecule has 0 aliphatic carbocycles. The van der Waals surface area contributed by atoms with Gasteiger partial charge < -0.3 is 20.5 Å². The van der Waals surface area contributed by atoms with Crippen molar-refractivity contribution in [3.63, 3.8) is 0 Å². The van der Waals surface area contributed by atoms with E-state index in [0.717, 1.165) is 11.3 Å². The van der Waals surface area contributed by atoms with Crippen LogP contribution < -0.4 is 16.0 Å². The Bertz CT molecular complexity index is 1180. The molecular formula is C21H21F4N5O2S. The molecule has 5 rings (SSSR count). The molecule has 3 N–H and O–H groups in total. The van der Waals surface area contributed by atoms with Gasteiger partial charge in [0, 0.05) is 19.5 Å². The van der Waals surface area contributed by atoms with Gasteiger partial charge in [0.15, 0.2) is 0 Å². The molecule has 1 aromatic carbocycles. The van der Waals surface area contributed by atoms with Crippen molar-refractivity contribution in [2.24, 2.45) is 0 Å². The van der Waals surface area contributed by atoms with Crippen molar-refractivity contribution >= 4 is 33.0 Å². The van der Waals surface area contributed by atoms with E-state index in [0.29, 0.717) is 35.3 Å². The van der Waals surface area contributed by atoms with Crippen molar-refractivity contribution in [1.29, 1.82) is 0 Å². The van der Waals surface area contributed by atoms with E-state index in [1.165, 1.54) is 0 Å². The van der Waals surface area contributed by atoms with Crippen molar-refractivity contribution in [2.45, 2.75) is 43.6 Å². The summed E-state index contributed by atoms with van der Waals surface area (Å²) in [7, 11) is 0. The summed E-state index contributed by atoms with van der Waals surface area (Å²) in [6, 6.07) is 4.59. The second-order valence-corrected chi connectivity index (χ2v) is 9.33. The number of hydrogen-bond donors (Lipinski definition) is 3. The molecule has 176 valence electrons. The van der Waals surface area contributed by atoms with Crippen molar-refractivity contribution in [2.75, 3.05) is 25.0 Å². The molecule has 7 nitrogen and oxygen atoms in total. The molecule has 0 radical (unpaired) electrons. The summed E-state index contributed by atoms with van der Waals surface area (Å²) < 4.78 is 60.7. The van der Waals surface area contributed by atoms with Crippen molar-refractivity contribution in [3.8, 4) is 10.7 Å². The zero-order valence-electron chi connectivity index (χ0n) is 17.3. The van der Waals surface area contributed by atoms with Gasteiger partial charge in [0.1, 0.15) is 6.17 Å². The van der Waals surface area contributed by atoms with Crippen LogP contribution in [0, 0.1) is 0 Å². The number of fused-ring (bicyclic) bond motifs is 1. The summed E-state index contributed by atoms with van der Waals surface area (Å²) in [6.07, 6.45) is -5.95. The Kier molecular flexibility index (Phi) is 5.73. The predicted molar refractivity (Wildman–Crippen MR) is 115 cm³/mol. The normalized spacial score (nSPS) is 23.8. The van der Waals surface area contributed by atoms with Crippen LogP contribution in [-0.4, -0.2) is 54.1 Å². The van der Waals surface area contributed by atoms with Gasteiger partial charge >= 0.3 is 6.18 Å². The molecule has 0 spiro atoms. The van der Waals surface area contributed by atoms with Gasteiger partial charge in [-0.3, -0.25) is 4.79 Å². The van der Waals surface area contributed by atoms with Gasteiger partial charge in [-0.05, 0) is 30.0 Å². The van der Waals surface area contributed by atoms with E-state index in [1.54, 1.807) is 18.2 Å². The van der Waals surface area contributed by atoms with Crippen LogP contribution in [0.5, 0.6) is 0 Å². The first-order valence-corrected chi connectivity index (χ1v) is 11.4. The number of nitrogens with zero attached hydrogens (tertiary/aromatic N) is 2. The second kappa shape index (κ2) is 8.56. The molecule has 2 fully saturated rings. The van der Waals surface area contributed by atoms with Crippen LogP contribution in [0.4, 0.5) is 23.2 Å². The summed E-state index contributed by atoms with van der Waals surface area (Å²) in [5.74, 6) is -0.176. The molecule has 0 unspecified atom stereocenters. The zero-order chi connectivity index (χ0) is 23.2. The van der Waals surface area contributed by atoms with Gasteiger partial charge in [0.25, 0.3) is 0 Å². The lowest BCUT2D eigenvalue weighted by atomic mass is 10.0. The van der Waals surface area contributed by atoms with Gasteiger partial charge in [-0.15, -0.1) is 11.3 Å². The number of aromatic nitrogens is 2. The zero-order valence-corrected chi connectivity index (χ0v) is 18.2. The maximum Gasteiger partial charge on any atom is 0.393 e. The third-order valence-corrected chi connectivity index (χ3v) is 7.19. The van der Waals surface area contributed by atoms with Gasteiger partial charge in [-0.1, -0.05) is 17.3 Å². The van der Waals surface area contributed by atoms with E-state index in [-0.39, 0.29) is 46.9 Å². The van der Waals surface area contributed by atoms with Crippen LogP contribution in [0.15, 0.2) is 22.7 Å². The molecule has 2 aliphatic heterocycles. The predicted octanol–water partition coefficient (Wildman–Crippen LogP) is 3.77. The highest BCUT2D eigenvalue weighted by Gasteiger charge is 2.34. The third kappa shape index (κ3) is 4.54. The number of alkyl halides is 4. The quantitative estimate of drug-likeness (QED) is 0.479. The summed E-state index contributed by atoms with van der Waals surface area (Å²) >= 11 is 1.12. The van der Waals surface area contributed by atoms with Crippen molar-refractivity contribution in [1.82, 2.24) is 20.8 Å². The van der Waals surface area contributed by atoms with Crippen LogP contribution in [0.3, 0.4) is 0 Å². The molecule has 0 saturated carbocycles. The Morgan fingerprint density at radius 3 is 2.85 bits per heavy atom. The maximum absolute atomic E-state index is 14.4. The number of rotatable bonds is 5. The topological polar surface area (TPSA) is 92.1 Å². The standard InChI is InChI=1S/C21H21F4N5O2S/c22-13-9-26-5-4-14(13)28-15-3-1-2-11-12(7-21(23,24)25)18(33-17(11)15)19-29-20(32-30-19)10-6-16(31)27-8-10/h1-3,10,13-14,26,28H,4-9H2,(H,27,31)/t10-,13+,14-/m1/s1. The Hall–Kier alpha value is -2.73. The first-order valence-electron chi connectivity index (χ1n) is 10.6. The largest absolute Gasteiger partial charge is 0.393 e. The molecule has 2 aromatic heterocycles. The van der Waals surface area contributed by atoms with Crippen molar-refractivity contribution in [3.05, 3.63) is 29.7 Å². The number of amides is 1. The van der Waals surface area contributed by atoms with E-state index in [9.17, 15) is 22.4 Å². The van der Waals surface area contributed by atoms with Crippen LogP contribution in [0.2, 0.25) is 0 Å². The highest BCUT2D eigenvalue weighted by Crippen LogP contribution is 2.44. The first-order chi connectivity index (χ1) is 15.8. The van der Waals surface area contributed by atoms with Gasteiger partial charge in [-0.25, -0.2) is 4.39 Å². The molecule has 2 saturated heterocycles. The van der Waals surface area contributed by atoms with E-state index >= 15 is 0 Å². The average Bonchev–Trinajstić information content (AvgIpc) is 3.48. The van der Waals surface area contributed by atoms with Crippen LogP contribution >= 0.6 is 11.3 Å².